The minimum Gasteiger partial charge on any atom is -0.462 e. The predicted octanol–water partition coefficient (Wildman–Crippen LogP) is 2.83. The molecule has 9 heteroatoms. The molecule has 0 atom stereocenters. The molecule has 25 heavy (non-hydrogen) atoms. The third kappa shape index (κ3) is 4.28. The second kappa shape index (κ2) is 7.39. The van der Waals surface area contributed by atoms with Gasteiger partial charge >= 0.3 is 5.97 Å². The minimum atomic E-state index is -0.360. The summed E-state index contributed by atoms with van der Waals surface area (Å²) in [5.41, 5.74) is 1.19. The number of benzene rings is 1. The zero-order valence-electron chi connectivity index (χ0n) is 13.7. The molecule has 1 aromatic carbocycles. The molecule has 0 saturated heterocycles. The van der Waals surface area contributed by atoms with Crippen LogP contribution in [0.15, 0.2) is 41.1 Å². The van der Waals surface area contributed by atoms with Crippen molar-refractivity contribution in [3.63, 3.8) is 0 Å². The highest BCUT2D eigenvalue weighted by Crippen LogP contribution is 2.17. The largest absolute Gasteiger partial charge is 0.462 e. The van der Waals surface area contributed by atoms with E-state index in [1.54, 1.807) is 44.2 Å². The first-order valence-electron chi connectivity index (χ1n) is 7.58. The third-order valence-electron chi connectivity index (χ3n) is 3.10. The SMILES string of the molecule is CCOC(=O)c1ccc(Nc2nncc(Nc3cc(C)on3)n2)cc1. The van der Waals surface area contributed by atoms with Gasteiger partial charge in [-0.05, 0) is 38.1 Å². The lowest BCUT2D eigenvalue weighted by Crippen LogP contribution is -2.05. The maximum atomic E-state index is 11.6. The Morgan fingerprint density at radius 1 is 1.20 bits per heavy atom. The Morgan fingerprint density at radius 2 is 2.00 bits per heavy atom. The number of hydrogen-bond acceptors (Lipinski definition) is 9. The second-order valence-corrected chi connectivity index (χ2v) is 5.04. The number of aryl methyl sites for hydroxylation is 1. The lowest BCUT2D eigenvalue weighted by Gasteiger charge is -2.07. The van der Waals surface area contributed by atoms with Crippen LogP contribution in [0.3, 0.4) is 0 Å². The molecule has 128 valence electrons. The number of aromatic nitrogens is 4. The average molecular weight is 340 g/mol. The second-order valence-electron chi connectivity index (χ2n) is 5.04. The first-order valence-corrected chi connectivity index (χ1v) is 7.58. The Kier molecular flexibility index (Phi) is 4.84. The van der Waals surface area contributed by atoms with Crippen molar-refractivity contribution >= 4 is 29.2 Å². The van der Waals surface area contributed by atoms with Gasteiger partial charge in [-0.1, -0.05) is 5.16 Å². The Hall–Kier alpha value is -3.49. The van der Waals surface area contributed by atoms with E-state index in [2.05, 4.69) is 31.0 Å². The van der Waals surface area contributed by atoms with E-state index in [9.17, 15) is 4.79 Å². The lowest BCUT2D eigenvalue weighted by molar-refractivity contribution is 0.0526. The third-order valence-corrected chi connectivity index (χ3v) is 3.10. The molecule has 0 amide bonds. The maximum Gasteiger partial charge on any atom is 0.338 e. The molecule has 0 radical (unpaired) electrons. The van der Waals surface area contributed by atoms with E-state index in [-0.39, 0.29) is 5.97 Å². The molecule has 9 nitrogen and oxygen atoms in total. The molecule has 2 N–H and O–H groups in total. The van der Waals surface area contributed by atoms with Gasteiger partial charge in [-0.3, -0.25) is 0 Å². The first-order chi connectivity index (χ1) is 12.1. The molecule has 0 spiro atoms. The van der Waals surface area contributed by atoms with Crippen molar-refractivity contribution in [2.45, 2.75) is 13.8 Å². The van der Waals surface area contributed by atoms with Crippen LogP contribution < -0.4 is 10.6 Å². The fourth-order valence-corrected chi connectivity index (χ4v) is 2.01. The molecule has 2 heterocycles. The van der Waals surface area contributed by atoms with Crippen LogP contribution in [-0.2, 0) is 4.74 Å². The molecule has 0 saturated carbocycles. The lowest BCUT2D eigenvalue weighted by atomic mass is 10.2. The average Bonchev–Trinajstić information content (AvgIpc) is 3.01. The van der Waals surface area contributed by atoms with Crippen molar-refractivity contribution < 1.29 is 14.1 Å². The number of esters is 1. The van der Waals surface area contributed by atoms with Gasteiger partial charge in [-0.15, -0.1) is 5.10 Å². The van der Waals surface area contributed by atoms with Gasteiger partial charge in [-0.2, -0.15) is 10.1 Å². The normalized spacial score (nSPS) is 10.3. The fourth-order valence-electron chi connectivity index (χ4n) is 2.01. The number of nitrogens with zero attached hydrogens (tertiary/aromatic N) is 4. The van der Waals surface area contributed by atoms with Gasteiger partial charge in [0.15, 0.2) is 11.6 Å². The molecular weight excluding hydrogens is 324 g/mol. The summed E-state index contributed by atoms with van der Waals surface area (Å²) in [6.45, 7) is 3.89. The summed E-state index contributed by atoms with van der Waals surface area (Å²) in [4.78, 5) is 15.9. The molecule has 3 aromatic rings. The van der Waals surface area contributed by atoms with Crippen molar-refractivity contribution in [2.75, 3.05) is 17.2 Å². The first kappa shape index (κ1) is 16.4. The van der Waals surface area contributed by atoms with E-state index in [4.69, 9.17) is 9.26 Å². The Bertz CT molecular complexity index is 862. The van der Waals surface area contributed by atoms with Crippen LogP contribution >= 0.6 is 0 Å². The molecule has 3 rings (SSSR count). The number of nitrogens with one attached hydrogen (secondary N) is 2. The number of hydrogen-bond donors (Lipinski definition) is 2. The van der Waals surface area contributed by atoms with Gasteiger partial charge in [0.2, 0.25) is 5.95 Å². The molecule has 0 aliphatic carbocycles. The van der Waals surface area contributed by atoms with Crippen molar-refractivity contribution in [1.29, 1.82) is 0 Å². The van der Waals surface area contributed by atoms with Crippen molar-refractivity contribution in [2.24, 2.45) is 0 Å². The molecule has 0 bridgehead atoms. The van der Waals surface area contributed by atoms with Crippen LogP contribution in [0.25, 0.3) is 0 Å². The summed E-state index contributed by atoms with van der Waals surface area (Å²) in [7, 11) is 0. The number of carbonyl (C=O) groups excluding carboxylic acids is 1. The van der Waals surface area contributed by atoms with E-state index < -0.39 is 0 Å². The number of carbonyl (C=O) groups is 1. The van der Waals surface area contributed by atoms with E-state index in [0.717, 1.165) is 0 Å². The van der Waals surface area contributed by atoms with Crippen LogP contribution in [0.1, 0.15) is 23.0 Å². The molecule has 2 aromatic heterocycles. The van der Waals surface area contributed by atoms with Crippen LogP contribution in [0.4, 0.5) is 23.3 Å². The van der Waals surface area contributed by atoms with Crippen LogP contribution in [0.2, 0.25) is 0 Å². The number of anilines is 4. The number of ether oxygens (including phenoxy) is 1. The van der Waals surface area contributed by atoms with Crippen LogP contribution in [0, 0.1) is 6.92 Å². The minimum absolute atomic E-state index is 0.300. The number of rotatable bonds is 6. The standard InChI is InChI=1S/C16H16N6O3/c1-3-24-15(23)11-4-6-12(7-5-11)18-16-20-14(9-17-21-16)19-13-8-10(2)25-22-13/h4-9H,3H2,1-2H3,(H2,18,19,20,21,22). The topological polar surface area (TPSA) is 115 Å². The Labute approximate surface area is 143 Å². The summed E-state index contributed by atoms with van der Waals surface area (Å²) >= 11 is 0. The van der Waals surface area contributed by atoms with Crippen LogP contribution in [-0.4, -0.2) is 32.9 Å². The van der Waals surface area contributed by atoms with Gasteiger partial charge in [0, 0.05) is 11.8 Å². The van der Waals surface area contributed by atoms with E-state index in [0.29, 0.717) is 41.2 Å². The highest BCUT2D eigenvalue weighted by molar-refractivity contribution is 5.89. The summed E-state index contributed by atoms with van der Waals surface area (Å²) in [6.07, 6.45) is 1.47. The molecule has 0 aliphatic rings. The zero-order chi connectivity index (χ0) is 17.6. The van der Waals surface area contributed by atoms with E-state index >= 15 is 0 Å². The summed E-state index contributed by atoms with van der Waals surface area (Å²) in [5.74, 6) is 1.62. The quantitative estimate of drug-likeness (QED) is 0.653. The van der Waals surface area contributed by atoms with E-state index in [1.165, 1.54) is 6.20 Å². The monoisotopic (exact) mass is 340 g/mol. The van der Waals surface area contributed by atoms with Gasteiger partial charge in [0.05, 0.1) is 18.4 Å². The smallest absolute Gasteiger partial charge is 0.338 e. The zero-order valence-corrected chi connectivity index (χ0v) is 13.7. The van der Waals surface area contributed by atoms with Gasteiger partial charge in [0.1, 0.15) is 5.76 Å². The van der Waals surface area contributed by atoms with Crippen LogP contribution in [0.5, 0.6) is 0 Å². The van der Waals surface area contributed by atoms with Crippen molar-refractivity contribution in [1.82, 2.24) is 20.3 Å². The Morgan fingerprint density at radius 3 is 2.68 bits per heavy atom. The molecular formula is C16H16N6O3. The fraction of sp³-hybridized carbons (Fsp3) is 0.188. The predicted molar refractivity (Wildman–Crippen MR) is 90.0 cm³/mol. The van der Waals surface area contributed by atoms with E-state index in [1.807, 2.05) is 0 Å². The van der Waals surface area contributed by atoms with Crippen molar-refractivity contribution in [3.8, 4) is 0 Å². The summed E-state index contributed by atoms with van der Waals surface area (Å²) in [5, 5.41) is 17.6. The Balaban J connectivity index is 1.68. The maximum absolute atomic E-state index is 11.6. The molecule has 0 fully saturated rings. The van der Waals surface area contributed by atoms with Gasteiger partial charge in [0.25, 0.3) is 0 Å². The molecule has 0 unspecified atom stereocenters. The van der Waals surface area contributed by atoms with Crippen molar-refractivity contribution in [3.05, 3.63) is 47.9 Å². The molecule has 0 aliphatic heterocycles. The summed E-state index contributed by atoms with van der Waals surface area (Å²) < 4.78 is 9.92. The highest BCUT2D eigenvalue weighted by Gasteiger charge is 2.07. The van der Waals surface area contributed by atoms with Gasteiger partial charge < -0.3 is 19.9 Å². The highest BCUT2D eigenvalue weighted by atomic mass is 16.5. The van der Waals surface area contributed by atoms with Gasteiger partial charge in [-0.25, -0.2) is 4.79 Å². The summed E-state index contributed by atoms with van der Waals surface area (Å²) in [6, 6.07) is 8.53.